The summed E-state index contributed by atoms with van der Waals surface area (Å²) in [5, 5.41) is 0. The Morgan fingerprint density at radius 3 is 2.77 bits per heavy atom. The second kappa shape index (κ2) is 8.90. The SMILES string of the molecule is C=CCn1c(-c2nc3cc(C(=O)OC)c(F)cc3n2C)cc(/C=C\CCC)c1N=C. The number of hydrogen-bond acceptors (Lipinski definition) is 4. The van der Waals surface area contributed by atoms with Crippen molar-refractivity contribution in [3.05, 3.63) is 53.9 Å². The highest BCUT2D eigenvalue weighted by Gasteiger charge is 2.21. The number of halogens is 1. The van der Waals surface area contributed by atoms with Crippen molar-refractivity contribution in [2.75, 3.05) is 7.11 Å². The molecule has 0 fully saturated rings. The smallest absolute Gasteiger partial charge is 0.340 e. The molecule has 3 rings (SSSR count). The number of aliphatic imine (C=N–C) groups is 1. The first kappa shape index (κ1) is 21.2. The number of benzene rings is 1. The van der Waals surface area contributed by atoms with E-state index in [9.17, 15) is 9.18 Å². The zero-order valence-corrected chi connectivity index (χ0v) is 17.5. The predicted octanol–water partition coefficient (Wildman–Crippen LogP) is 5.30. The number of ether oxygens (including phenoxy) is 1. The van der Waals surface area contributed by atoms with Gasteiger partial charge in [0.05, 0.1) is 29.4 Å². The maximum atomic E-state index is 14.5. The number of aromatic nitrogens is 3. The minimum absolute atomic E-state index is 0.146. The molecule has 0 aliphatic carbocycles. The molecule has 1 aromatic carbocycles. The Balaban J connectivity index is 2.23. The lowest BCUT2D eigenvalue weighted by atomic mass is 10.2. The normalized spacial score (nSPS) is 11.3. The molecule has 0 atom stereocenters. The third-order valence-electron chi connectivity index (χ3n) is 4.92. The van der Waals surface area contributed by atoms with E-state index in [0.717, 1.165) is 24.1 Å². The van der Waals surface area contributed by atoms with Gasteiger partial charge in [0, 0.05) is 25.2 Å². The number of rotatable bonds is 8. The van der Waals surface area contributed by atoms with Crippen molar-refractivity contribution in [1.29, 1.82) is 0 Å². The maximum Gasteiger partial charge on any atom is 0.340 e. The van der Waals surface area contributed by atoms with Crippen molar-refractivity contribution >= 4 is 35.6 Å². The van der Waals surface area contributed by atoms with Crippen LogP contribution in [0.5, 0.6) is 0 Å². The lowest BCUT2D eigenvalue weighted by molar-refractivity contribution is 0.0595. The average molecular weight is 408 g/mol. The fourth-order valence-electron chi connectivity index (χ4n) is 3.44. The monoisotopic (exact) mass is 408 g/mol. The lowest BCUT2D eigenvalue weighted by Gasteiger charge is -2.09. The summed E-state index contributed by atoms with van der Waals surface area (Å²) >= 11 is 0. The number of hydrogen-bond donors (Lipinski definition) is 0. The summed E-state index contributed by atoms with van der Waals surface area (Å²) in [7, 11) is 3.02. The van der Waals surface area contributed by atoms with Crippen LogP contribution in [0.25, 0.3) is 28.6 Å². The number of carbonyl (C=O) groups is 1. The van der Waals surface area contributed by atoms with Crippen molar-refractivity contribution < 1.29 is 13.9 Å². The molecule has 2 heterocycles. The maximum absolute atomic E-state index is 14.5. The van der Waals surface area contributed by atoms with Gasteiger partial charge in [-0.2, -0.15) is 0 Å². The van der Waals surface area contributed by atoms with Gasteiger partial charge in [0.15, 0.2) is 5.82 Å². The molecule has 0 bridgehead atoms. The highest BCUT2D eigenvalue weighted by molar-refractivity contribution is 5.94. The van der Waals surface area contributed by atoms with Crippen LogP contribution in [0.2, 0.25) is 0 Å². The van der Waals surface area contributed by atoms with Gasteiger partial charge in [0.25, 0.3) is 0 Å². The molecule has 0 saturated heterocycles. The van der Waals surface area contributed by atoms with Gasteiger partial charge in [-0.15, -0.1) is 6.58 Å². The van der Waals surface area contributed by atoms with Crippen molar-refractivity contribution in [1.82, 2.24) is 14.1 Å². The average Bonchev–Trinajstić information content (AvgIpc) is 3.24. The molecule has 6 nitrogen and oxygen atoms in total. The number of esters is 1. The van der Waals surface area contributed by atoms with E-state index in [-0.39, 0.29) is 5.56 Å². The number of fused-ring (bicyclic) bond motifs is 1. The van der Waals surface area contributed by atoms with E-state index in [2.05, 4.69) is 41.0 Å². The minimum Gasteiger partial charge on any atom is -0.465 e. The molecule has 0 saturated carbocycles. The van der Waals surface area contributed by atoms with E-state index >= 15 is 0 Å². The van der Waals surface area contributed by atoms with Crippen LogP contribution in [0.15, 0.2) is 41.9 Å². The number of unbranched alkanes of at least 4 members (excludes halogenated alkanes) is 1. The van der Waals surface area contributed by atoms with Crippen LogP contribution in [-0.2, 0) is 18.3 Å². The van der Waals surface area contributed by atoms with Gasteiger partial charge in [-0.1, -0.05) is 31.6 Å². The summed E-state index contributed by atoms with van der Waals surface area (Å²) in [6.07, 6.45) is 7.90. The van der Waals surface area contributed by atoms with Crippen LogP contribution in [0.1, 0.15) is 35.7 Å². The second-order valence-electron chi connectivity index (χ2n) is 6.86. The first-order valence-corrected chi connectivity index (χ1v) is 9.69. The number of carbonyl (C=O) groups excluding carboxylic acids is 1. The van der Waals surface area contributed by atoms with Crippen LogP contribution in [0.4, 0.5) is 10.2 Å². The summed E-state index contributed by atoms with van der Waals surface area (Å²) in [4.78, 5) is 20.7. The number of nitrogens with zero attached hydrogens (tertiary/aromatic N) is 4. The molecule has 0 unspecified atom stereocenters. The number of methoxy groups -OCH3 is 1. The Bertz CT molecular complexity index is 1150. The van der Waals surface area contributed by atoms with Gasteiger partial charge in [-0.25, -0.2) is 19.2 Å². The van der Waals surface area contributed by atoms with E-state index in [0.29, 0.717) is 29.2 Å². The van der Waals surface area contributed by atoms with Gasteiger partial charge in [0.2, 0.25) is 0 Å². The summed E-state index contributed by atoms with van der Waals surface area (Å²) in [6.45, 7) is 10.2. The topological polar surface area (TPSA) is 61.4 Å². The molecular formula is C23H25FN4O2. The van der Waals surface area contributed by atoms with Crippen molar-refractivity contribution in [3.63, 3.8) is 0 Å². The molecule has 0 N–H and O–H groups in total. The molecule has 0 radical (unpaired) electrons. The first-order valence-electron chi connectivity index (χ1n) is 9.69. The van der Waals surface area contributed by atoms with E-state index in [1.165, 1.54) is 19.2 Å². The Morgan fingerprint density at radius 2 is 2.13 bits per heavy atom. The van der Waals surface area contributed by atoms with Crippen LogP contribution < -0.4 is 0 Å². The standard InChI is InChI=1S/C23H25FN4O2/c1-6-8-9-10-15-12-20(28(11-7-2)21(15)25-3)22-26-18-13-16(23(29)30-5)17(24)14-19(18)27(22)4/h7,9-10,12-14H,2-3,6,8,11H2,1,4-5H3/b10-9-. The minimum atomic E-state index is -0.738. The Morgan fingerprint density at radius 1 is 1.37 bits per heavy atom. The molecule has 0 aliphatic rings. The number of aryl methyl sites for hydroxylation is 1. The van der Waals surface area contributed by atoms with Crippen LogP contribution >= 0.6 is 0 Å². The van der Waals surface area contributed by atoms with Gasteiger partial charge in [-0.3, -0.25) is 0 Å². The summed E-state index contributed by atoms with van der Waals surface area (Å²) in [5.74, 6) is -0.0563. The lowest BCUT2D eigenvalue weighted by Crippen LogP contribution is -2.04. The van der Waals surface area contributed by atoms with Crippen molar-refractivity contribution in [3.8, 4) is 11.5 Å². The van der Waals surface area contributed by atoms with Gasteiger partial charge >= 0.3 is 5.97 Å². The Labute approximate surface area is 175 Å². The zero-order valence-electron chi connectivity index (χ0n) is 17.5. The second-order valence-corrected chi connectivity index (χ2v) is 6.86. The van der Waals surface area contributed by atoms with E-state index < -0.39 is 11.8 Å². The molecule has 7 heteroatoms. The van der Waals surface area contributed by atoms with Gasteiger partial charge < -0.3 is 13.9 Å². The van der Waals surface area contributed by atoms with Crippen LogP contribution in [0.3, 0.4) is 0 Å². The predicted molar refractivity (Wildman–Crippen MR) is 119 cm³/mol. The van der Waals surface area contributed by atoms with Crippen LogP contribution in [0, 0.1) is 5.82 Å². The van der Waals surface area contributed by atoms with E-state index in [1.807, 2.05) is 16.7 Å². The molecule has 30 heavy (non-hydrogen) atoms. The molecule has 0 amide bonds. The molecule has 0 spiro atoms. The fraction of sp³-hybridized carbons (Fsp3) is 0.261. The third-order valence-corrected chi connectivity index (χ3v) is 4.92. The Hall–Kier alpha value is -3.48. The van der Waals surface area contributed by atoms with E-state index in [4.69, 9.17) is 0 Å². The van der Waals surface area contributed by atoms with E-state index in [1.54, 1.807) is 17.7 Å². The van der Waals surface area contributed by atoms with Gasteiger partial charge in [0.1, 0.15) is 11.6 Å². The number of allylic oxidation sites excluding steroid dienone is 2. The molecular weight excluding hydrogens is 383 g/mol. The van der Waals surface area contributed by atoms with Crippen molar-refractivity contribution in [2.45, 2.75) is 26.3 Å². The summed E-state index contributed by atoms with van der Waals surface area (Å²) in [5.41, 5.74) is 2.64. The van der Waals surface area contributed by atoms with Crippen LogP contribution in [-0.4, -0.2) is 33.9 Å². The molecule has 156 valence electrons. The highest BCUT2D eigenvalue weighted by atomic mass is 19.1. The van der Waals surface area contributed by atoms with Crippen molar-refractivity contribution in [2.24, 2.45) is 12.0 Å². The molecule has 3 aromatic rings. The third kappa shape index (κ3) is 3.70. The Kier molecular flexibility index (Phi) is 6.30. The highest BCUT2D eigenvalue weighted by Crippen LogP contribution is 2.34. The summed E-state index contributed by atoms with van der Waals surface area (Å²) < 4.78 is 22.9. The number of imidazole rings is 1. The molecule has 0 aliphatic heterocycles. The fourth-order valence-corrected chi connectivity index (χ4v) is 3.44. The molecule has 2 aromatic heterocycles. The summed E-state index contributed by atoms with van der Waals surface area (Å²) in [6, 6.07) is 4.70. The largest absolute Gasteiger partial charge is 0.465 e. The quantitative estimate of drug-likeness (QED) is 0.289. The van der Waals surface area contributed by atoms with Gasteiger partial charge in [-0.05, 0) is 25.3 Å². The first-order chi connectivity index (χ1) is 14.5. The zero-order chi connectivity index (χ0) is 21.8.